The number of halogens is 4. The van der Waals surface area contributed by atoms with Crippen LogP contribution in [0.25, 0.3) is 0 Å². The van der Waals surface area contributed by atoms with E-state index in [9.17, 15) is 17.6 Å². The highest BCUT2D eigenvalue weighted by atomic mass is 32.2. The molecule has 7 heteroatoms. The second-order valence-corrected chi connectivity index (χ2v) is 3.21. The number of rotatable bonds is 2. The third-order valence-electron chi connectivity index (χ3n) is 1.26. The fourth-order valence-electron chi connectivity index (χ4n) is 0.788. The summed E-state index contributed by atoms with van der Waals surface area (Å²) >= 11 is -0.489. The van der Waals surface area contributed by atoms with Gasteiger partial charge in [0.15, 0.2) is 5.82 Å². The van der Waals surface area contributed by atoms with Crippen LogP contribution in [-0.2, 0) is 6.54 Å². The molecule has 0 N–H and O–H groups in total. The number of alkyl halides is 3. The third kappa shape index (κ3) is 2.61. The van der Waals surface area contributed by atoms with Crippen LogP contribution in [0.5, 0.6) is 0 Å². The Labute approximate surface area is 75.9 Å². The van der Waals surface area contributed by atoms with Gasteiger partial charge in [0, 0.05) is 18.3 Å². The molecule has 0 radical (unpaired) electrons. The van der Waals surface area contributed by atoms with Gasteiger partial charge < -0.3 is 0 Å². The Morgan fingerprint density at radius 3 is 2.62 bits per heavy atom. The number of aromatic nitrogens is 2. The molecular formula is C6H6F4N2S. The molecular weight excluding hydrogens is 208 g/mol. The summed E-state index contributed by atoms with van der Waals surface area (Å²) in [6.07, 6.45) is 0.775. The van der Waals surface area contributed by atoms with Crippen molar-refractivity contribution in [2.24, 2.45) is 0 Å². The second kappa shape index (κ2) is 3.57. The van der Waals surface area contributed by atoms with Crippen molar-refractivity contribution < 1.29 is 17.6 Å². The zero-order valence-electron chi connectivity index (χ0n) is 6.60. The molecule has 0 saturated carbocycles. The molecule has 0 aromatic carbocycles. The van der Waals surface area contributed by atoms with Crippen molar-refractivity contribution in [3.8, 4) is 0 Å². The number of thioether (sulfide) groups is 1. The molecule has 0 atom stereocenters. The van der Waals surface area contributed by atoms with Gasteiger partial charge in [0.25, 0.3) is 0 Å². The first kappa shape index (κ1) is 10.4. The average molecular weight is 214 g/mol. The molecule has 0 bridgehead atoms. The summed E-state index contributed by atoms with van der Waals surface area (Å²) in [5, 5.41) is 2.95. The Morgan fingerprint density at radius 1 is 1.54 bits per heavy atom. The molecule has 2 nitrogen and oxygen atoms in total. The highest BCUT2D eigenvalue weighted by molar-refractivity contribution is 8.00. The van der Waals surface area contributed by atoms with Gasteiger partial charge >= 0.3 is 5.51 Å². The molecule has 1 aromatic rings. The summed E-state index contributed by atoms with van der Waals surface area (Å²) in [5.74, 6) is -0.941. The Bertz CT molecular complexity index is 293. The predicted molar refractivity (Wildman–Crippen MR) is 39.8 cm³/mol. The molecule has 13 heavy (non-hydrogen) atoms. The average Bonchev–Trinajstić information content (AvgIpc) is 2.30. The van der Waals surface area contributed by atoms with Crippen LogP contribution < -0.4 is 0 Å². The van der Waals surface area contributed by atoms with Crippen LogP contribution in [0.3, 0.4) is 0 Å². The van der Waals surface area contributed by atoms with E-state index in [-0.39, 0.29) is 6.54 Å². The van der Waals surface area contributed by atoms with Crippen molar-refractivity contribution in [3.63, 3.8) is 0 Å². The maximum Gasteiger partial charge on any atom is 0.447 e. The maximum atomic E-state index is 12.7. The SMILES string of the molecule is CCn1ncc(F)c1SC(F)(F)F. The van der Waals surface area contributed by atoms with E-state index < -0.39 is 28.1 Å². The zero-order chi connectivity index (χ0) is 10.1. The Morgan fingerprint density at radius 2 is 2.15 bits per heavy atom. The minimum absolute atomic E-state index is 0.211. The third-order valence-corrected chi connectivity index (χ3v) is 2.09. The summed E-state index contributed by atoms with van der Waals surface area (Å²) in [5.41, 5.74) is -4.48. The molecule has 0 spiro atoms. The molecule has 0 aliphatic heterocycles. The van der Waals surface area contributed by atoms with Gasteiger partial charge in [0.05, 0.1) is 6.20 Å². The lowest BCUT2D eigenvalue weighted by molar-refractivity contribution is -0.0332. The molecule has 0 saturated heterocycles. The topological polar surface area (TPSA) is 17.8 Å². The van der Waals surface area contributed by atoms with Gasteiger partial charge in [-0.15, -0.1) is 0 Å². The van der Waals surface area contributed by atoms with Gasteiger partial charge in [-0.25, -0.2) is 4.39 Å². The van der Waals surface area contributed by atoms with Gasteiger partial charge in [-0.1, -0.05) is 0 Å². The van der Waals surface area contributed by atoms with Crippen LogP contribution in [0.1, 0.15) is 6.92 Å². The van der Waals surface area contributed by atoms with E-state index in [4.69, 9.17) is 0 Å². The predicted octanol–water partition coefficient (Wildman–Crippen LogP) is 2.65. The fourth-order valence-corrected chi connectivity index (χ4v) is 1.44. The largest absolute Gasteiger partial charge is 0.447 e. The lowest BCUT2D eigenvalue weighted by Crippen LogP contribution is -2.05. The molecule has 1 rings (SSSR count). The number of hydrogen-bond acceptors (Lipinski definition) is 2. The van der Waals surface area contributed by atoms with Gasteiger partial charge in [0.2, 0.25) is 0 Å². The van der Waals surface area contributed by atoms with Gasteiger partial charge in [-0.05, 0) is 6.92 Å². The van der Waals surface area contributed by atoms with Crippen LogP contribution >= 0.6 is 11.8 Å². The smallest absolute Gasteiger partial charge is 0.256 e. The molecule has 74 valence electrons. The number of nitrogens with zero attached hydrogens (tertiary/aromatic N) is 2. The number of aryl methyl sites for hydroxylation is 1. The van der Waals surface area contributed by atoms with Crippen LogP contribution in [0.2, 0.25) is 0 Å². The van der Waals surface area contributed by atoms with E-state index in [1.165, 1.54) is 0 Å². The molecule has 1 aromatic heterocycles. The summed E-state index contributed by atoms with van der Waals surface area (Å²) in [6, 6.07) is 0. The summed E-state index contributed by atoms with van der Waals surface area (Å²) in [7, 11) is 0. The fraction of sp³-hybridized carbons (Fsp3) is 0.500. The van der Waals surface area contributed by atoms with E-state index in [0.29, 0.717) is 0 Å². The van der Waals surface area contributed by atoms with E-state index >= 15 is 0 Å². The van der Waals surface area contributed by atoms with Crippen molar-refractivity contribution in [1.29, 1.82) is 0 Å². The summed E-state index contributed by atoms with van der Waals surface area (Å²) in [6.45, 7) is 1.80. The van der Waals surface area contributed by atoms with E-state index in [2.05, 4.69) is 5.10 Å². The highest BCUT2D eigenvalue weighted by Gasteiger charge is 2.32. The molecule has 0 aliphatic carbocycles. The van der Waals surface area contributed by atoms with Crippen molar-refractivity contribution in [2.75, 3.05) is 0 Å². The van der Waals surface area contributed by atoms with Crippen molar-refractivity contribution in [1.82, 2.24) is 9.78 Å². The first-order valence-electron chi connectivity index (χ1n) is 3.41. The Balaban J connectivity index is 2.92. The van der Waals surface area contributed by atoms with E-state index in [0.717, 1.165) is 10.9 Å². The minimum atomic E-state index is -4.48. The summed E-state index contributed by atoms with van der Waals surface area (Å²) < 4.78 is 49.3. The first-order valence-corrected chi connectivity index (χ1v) is 4.22. The number of hydrogen-bond donors (Lipinski definition) is 0. The minimum Gasteiger partial charge on any atom is -0.256 e. The lowest BCUT2D eigenvalue weighted by Gasteiger charge is -2.06. The normalized spacial score (nSPS) is 12.1. The molecule has 1 heterocycles. The van der Waals surface area contributed by atoms with Crippen molar-refractivity contribution in [2.45, 2.75) is 24.0 Å². The van der Waals surface area contributed by atoms with E-state index in [1.807, 2.05) is 0 Å². The summed E-state index contributed by atoms with van der Waals surface area (Å²) in [4.78, 5) is 0. The van der Waals surface area contributed by atoms with Crippen molar-refractivity contribution >= 4 is 11.8 Å². The monoisotopic (exact) mass is 214 g/mol. The standard InChI is InChI=1S/C6H6F4N2S/c1-2-12-5(4(7)3-11-12)13-6(8,9)10/h3H,2H2,1H3. The van der Waals surface area contributed by atoms with Crippen LogP contribution in [0.15, 0.2) is 11.2 Å². The van der Waals surface area contributed by atoms with Gasteiger partial charge in [-0.2, -0.15) is 18.3 Å². The van der Waals surface area contributed by atoms with Crippen molar-refractivity contribution in [3.05, 3.63) is 12.0 Å². The highest BCUT2D eigenvalue weighted by Crippen LogP contribution is 2.37. The van der Waals surface area contributed by atoms with Crippen LogP contribution in [-0.4, -0.2) is 15.3 Å². The van der Waals surface area contributed by atoms with Gasteiger partial charge in [0.1, 0.15) is 5.03 Å². The van der Waals surface area contributed by atoms with Crippen LogP contribution in [0.4, 0.5) is 17.6 Å². The Hall–Kier alpha value is -0.720. The first-order chi connectivity index (χ1) is 5.94. The molecule has 0 amide bonds. The quantitative estimate of drug-likeness (QED) is 0.556. The zero-order valence-corrected chi connectivity index (χ0v) is 7.42. The molecule has 0 unspecified atom stereocenters. The Kier molecular flexibility index (Phi) is 2.84. The van der Waals surface area contributed by atoms with Gasteiger partial charge in [-0.3, -0.25) is 4.68 Å². The molecule has 0 aliphatic rings. The van der Waals surface area contributed by atoms with Crippen LogP contribution in [0, 0.1) is 5.82 Å². The maximum absolute atomic E-state index is 12.7. The lowest BCUT2D eigenvalue weighted by atomic mass is 10.7. The molecule has 0 fully saturated rings. The second-order valence-electron chi connectivity index (χ2n) is 2.16. The van der Waals surface area contributed by atoms with E-state index in [1.54, 1.807) is 6.92 Å².